The Labute approximate surface area is 113 Å². The Morgan fingerprint density at radius 2 is 1.63 bits per heavy atom. The lowest BCUT2D eigenvalue weighted by Gasteiger charge is -2.15. The lowest BCUT2D eigenvalue weighted by Crippen LogP contribution is -2.13. The molecule has 2 heterocycles. The van der Waals surface area contributed by atoms with E-state index in [0.29, 0.717) is 0 Å². The second kappa shape index (κ2) is 5.80. The summed E-state index contributed by atoms with van der Waals surface area (Å²) in [6, 6.07) is 3.73. The molecule has 0 saturated carbocycles. The molecule has 4 nitrogen and oxygen atoms in total. The van der Waals surface area contributed by atoms with E-state index in [-0.39, 0.29) is 12.1 Å². The highest BCUT2D eigenvalue weighted by atomic mass is 16.5. The number of pyridine rings is 2. The summed E-state index contributed by atoms with van der Waals surface area (Å²) < 4.78 is 5.63. The number of aromatic nitrogens is 2. The fraction of sp³-hybridized carbons (Fsp3) is 0.333. The van der Waals surface area contributed by atoms with Crippen LogP contribution in [0.1, 0.15) is 36.6 Å². The number of rotatable bonds is 4. The predicted molar refractivity (Wildman–Crippen MR) is 75.0 cm³/mol. The quantitative estimate of drug-likeness (QED) is 0.914. The van der Waals surface area contributed by atoms with E-state index in [9.17, 15) is 0 Å². The van der Waals surface area contributed by atoms with Gasteiger partial charge in [-0.3, -0.25) is 9.97 Å². The van der Waals surface area contributed by atoms with Gasteiger partial charge in [-0.15, -0.1) is 0 Å². The summed E-state index contributed by atoms with van der Waals surface area (Å²) in [6.45, 7) is 5.97. The molecular formula is C15H19N3O. The van der Waals surface area contributed by atoms with E-state index >= 15 is 0 Å². The summed E-state index contributed by atoms with van der Waals surface area (Å²) in [5.74, 6) is 0.739. The average Bonchev–Trinajstić information content (AvgIpc) is 2.37. The van der Waals surface area contributed by atoms with Gasteiger partial charge in [-0.05, 0) is 43.5 Å². The molecule has 2 aromatic heterocycles. The molecule has 0 amide bonds. The molecule has 2 aromatic rings. The Kier molecular flexibility index (Phi) is 4.12. The minimum absolute atomic E-state index is 0.119. The van der Waals surface area contributed by atoms with Crippen molar-refractivity contribution >= 4 is 0 Å². The van der Waals surface area contributed by atoms with Crippen molar-refractivity contribution in [2.75, 3.05) is 0 Å². The topological polar surface area (TPSA) is 61.0 Å². The Morgan fingerprint density at radius 1 is 1.00 bits per heavy atom. The van der Waals surface area contributed by atoms with Crippen LogP contribution >= 0.6 is 0 Å². The fourth-order valence-corrected chi connectivity index (χ4v) is 1.88. The van der Waals surface area contributed by atoms with E-state index in [1.165, 1.54) is 0 Å². The van der Waals surface area contributed by atoms with Crippen LogP contribution in [0, 0.1) is 6.92 Å². The first kappa shape index (κ1) is 13.5. The van der Waals surface area contributed by atoms with Crippen molar-refractivity contribution in [3.8, 4) is 5.75 Å². The van der Waals surface area contributed by atoms with E-state index < -0.39 is 0 Å². The third-order valence-electron chi connectivity index (χ3n) is 2.72. The summed E-state index contributed by atoms with van der Waals surface area (Å²) in [6.07, 6.45) is 7.18. The Morgan fingerprint density at radius 3 is 2.26 bits per heavy atom. The van der Waals surface area contributed by atoms with Crippen LogP contribution in [-0.4, -0.2) is 16.1 Å². The number of nitrogens with zero attached hydrogens (tertiary/aromatic N) is 2. The molecule has 0 bridgehead atoms. The van der Waals surface area contributed by atoms with Gasteiger partial charge < -0.3 is 10.5 Å². The van der Waals surface area contributed by atoms with Crippen LogP contribution in [0.4, 0.5) is 0 Å². The fourth-order valence-electron chi connectivity index (χ4n) is 1.88. The summed E-state index contributed by atoms with van der Waals surface area (Å²) in [4.78, 5) is 8.35. The number of hydrogen-bond donors (Lipinski definition) is 1. The van der Waals surface area contributed by atoms with Crippen LogP contribution in [0.15, 0.2) is 36.9 Å². The summed E-state index contributed by atoms with van der Waals surface area (Å²) >= 11 is 0. The molecular weight excluding hydrogens is 238 g/mol. The molecule has 100 valence electrons. The molecule has 2 rings (SSSR count). The van der Waals surface area contributed by atoms with Gasteiger partial charge in [0.15, 0.2) is 0 Å². The van der Waals surface area contributed by atoms with E-state index in [1.807, 2.05) is 39.1 Å². The predicted octanol–water partition coefficient (Wildman–Crippen LogP) is 2.62. The number of hydrogen-bond acceptors (Lipinski definition) is 4. The van der Waals surface area contributed by atoms with Crippen molar-refractivity contribution in [1.29, 1.82) is 0 Å². The Balaban J connectivity index is 2.26. The first-order valence-corrected chi connectivity index (χ1v) is 6.35. The maximum atomic E-state index is 6.25. The molecule has 0 aliphatic rings. The highest BCUT2D eigenvalue weighted by molar-refractivity contribution is 5.33. The van der Waals surface area contributed by atoms with Gasteiger partial charge in [0.1, 0.15) is 5.75 Å². The van der Waals surface area contributed by atoms with E-state index in [0.717, 1.165) is 22.4 Å². The van der Waals surface area contributed by atoms with Crippen LogP contribution in [0.3, 0.4) is 0 Å². The van der Waals surface area contributed by atoms with Gasteiger partial charge in [0.2, 0.25) is 0 Å². The van der Waals surface area contributed by atoms with Crippen molar-refractivity contribution < 1.29 is 4.74 Å². The molecule has 0 aliphatic carbocycles. The third kappa shape index (κ3) is 3.51. The average molecular weight is 257 g/mol. The maximum Gasteiger partial charge on any atom is 0.138 e. The first-order chi connectivity index (χ1) is 9.06. The van der Waals surface area contributed by atoms with Gasteiger partial charge in [0.25, 0.3) is 0 Å². The van der Waals surface area contributed by atoms with E-state index in [2.05, 4.69) is 9.97 Å². The van der Waals surface area contributed by atoms with Gasteiger partial charge in [0, 0.05) is 18.6 Å². The van der Waals surface area contributed by atoms with Crippen molar-refractivity contribution in [3.05, 3.63) is 53.6 Å². The minimum atomic E-state index is -0.240. The van der Waals surface area contributed by atoms with Crippen LogP contribution in [-0.2, 0) is 0 Å². The monoisotopic (exact) mass is 257 g/mol. The molecule has 0 saturated heterocycles. The molecule has 2 N–H and O–H groups in total. The molecule has 0 radical (unpaired) electrons. The SMILES string of the molecule is Cc1cncc(C(N)c2cncc(OC(C)C)c2)c1. The zero-order chi connectivity index (χ0) is 13.8. The van der Waals surface area contributed by atoms with Crippen molar-refractivity contribution in [1.82, 2.24) is 9.97 Å². The van der Waals surface area contributed by atoms with E-state index in [4.69, 9.17) is 10.5 Å². The lowest BCUT2D eigenvalue weighted by molar-refractivity contribution is 0.241. The second-order valence-corrected chi connectivity index (χ2v) is 4.89. The van der Waals surface area contributed by atoms with Gasteiger partial charge in [-0.1, -0.05) is 6.07 Å². The number of ether oxygens (including phenoxy) is 1. The normalized spacial score (nSPS) is 12.5. The van der Waals surface area contributed by atoms with Crippen molar-refractivity contribution in [2.24, 2.45) is 5.73 Å². The first-order valence-electron chi connectivity index (χ1n) is 6.35. The van der Waals surface area contributed by atoms with Gasteiger partial charge >= 0.3 is 0 Å². The molecule has 0 aromatic carbocycles. The third-order valence-corrected chi connectivity index (χ3v) is 2.72. The highest BCUT2D eigenvalue weighted by Crippen LogP contribution is 2.22. The molecule has 4 heteroatoms. The van der Waals surface area contributed by atoms with Gasteiger partial charge in [-0.2, -0.15) is 0 Å². The molecule has 0 aliphatic heterocycles. The van der Waals surface area contributed by atoms with E-state index in [1.54, 1.807) is 18.6 Å². The largest absolute Gasteiger partial charge is 0.489 e. The summed E-state index contributed by atoms with van der Waals surface area (Å²) in [7, 11) is 0. The highest BCUT2D eigenvalue weighted by Gasteiger charge is 2.11. The molecule has 0 spiro atoms. The Hall–Kier alpha value is -1.94. The standard InChI is InChI=1S/C15H19N3O/c1-10(2)19-14-5-13(8-18-9-14)15(16)12-4-11(3)6-17-7-12/h4-10,15H,16H2,1-3H3. The van der Waals surface area contributed by atoms with Gasteiger partial charge in [-0.25, -0.2) is 0 Å². The maximum absolute atomic E-state index is 6.25. The summed E-state index contributed by atoms with van der Waals surface area (Å²) in [5.41, 5.74) is 9.24. The molecule has 1 atom stereocenters. The van der Waals surface area contributed by atoms with Gasteiger partial charge in [0.05, 0.1) is 18.3 Å². The second-order valence-electron chi connectivity index (χ2n) is 4.89. The van der Waals surface area contributed by atoms with Crippen molar-refractivity contribution in [2.45, 2.75) is 32.9 Å². The lowest BCUT2D eigenvalue weighted by atomic mass is 10.0. The zero-order valence-corrected chi connectivity index (χ0v) is 11.5. The zero-order valence-electron chi connectivity index (χ0n) is 11.5. The molecule has 19 heavy (non-hydrogen) atoms. The van der Waals surface area contributed by atoms with Crippen LogP contribution in [0.5, 0.6) is 5.75 Å². The van der Waals surface area contributed by atoms with Crippen LogP contribution < -0.4 is 10.5 Å². The summed E-state index contributed by atoms with van der Waals surface area (Å²) in [5, 5.41) is 0. The minimum Gasteiger partial charge on any atom is -0.489 e. The smallest absolute Gasteiger partial charge is 0.138 e. The van der Waals surface area contributed by atoms with Crippen molar-refractivity contribution in [3.63, 3.8) is 0 Å². The number of nitrogens with two attached hydrogens (primary N) is 1. The van der Waals surface area contributed by atoms with Crippen LogP contribution in [0.25, 0.3) is 0 Å². The Bertz CT molecular complexity index is 555. The number of aryl methyl sites for hydroxylation is 1. The molecule has 1 unspecified atom stereocenters. The van der Waals surface area contributed by atoms with Crippen LogP contribution in [0.2, 0.25) is 0 Å². The molecule has 0 fully saturated rings.